The quantitative estimate of drug-likeness (QED) is 0.0366. The van der Waals surface area contributed by atoms with Gasteiger partial charge < -0.3 is 168 Å². The average molecular weight is 1490 g/mol. The third-order valence-electron chi connectivity index (χ3n) is 26.3. The summed E-state index contributed by atoms with van der Waals surface area (Å²) in [4.78, 5) is 15.8. The first kappa shape index (κ1) is 80.4. The van der Waals surface area contributed by atoms with Crippen LogP contribution in [0.1, 0.15) is 107 Å². The van der Waals surface area contributed by atoms with Crippen LogP contribution in [0.15, 0.2) is 11.6 Å². The van der Waals surface area contributed by atoms with Crippen LogP contribution in [0.3, 0.4) is 0 Å². The van der Waals surface area contributed by atoms with Crippen molar-refractivity contribution < 1.29 is 173 Å². The highest BCUT2D eigenvalue weighted by Crippen LogP contribution is 2.76. The van der Waals surface area contributed by atoms with E-state index in [9.17, 15) is 102 Å². The second-order valence-corrected chi connectivity index (χ2v) is 33.1. The predicted octanol–water partition coefficient (Wildman–Crippen LogP) is -7.04. The number of rotatable bonds is 17. The summed E-state index contributed by atoms with van der Waals surface area (Å²) >= 11 is 0. The molecule has 35 heteroatoms. The molecule has 0 aromatic carbocycles. The first-order valence-corrected chi connectivity index (χ1v) is 36.0. The van der Waals surface area contributed by atoms with Crippen LogP contribution in [0.4, 0.5) is 0 Å². The van der Waals surface area contributed by atoms with E-state index in [1.54, 1.807) is 6.92 Å². The van der Waals surface area contributed by atoms with E-state index in [2.05, 4.69) is 40.7 Å². The van der Waals surface area contributed by atoms with Gasteiger partial charge in [0.1, 0.15) is 127 Å². The highest BCUT2D eigenvalue weighted by Gasteiger charge is 2.74. The molecule has 20 N–H and O–H groups in total. The zero-order valence-electron chi connectivity index (χ0n) is 59.0. The molecule has 35 nitrogen and oxygen atoms in total. The lowest BCUT2D eigenvalue weighted by Crippen LogP contribution is -2.71. The minimum Gasteiger partial charge on any atom is -0.432 e. The van der Waals surface area contributed by atoms with Gasteiger partial charge in [-0.3, -0.25) is 4.79 Å². The van der Waals surface area contributed by atoms with E-state index < -0.39 is 293 Å². The molecule has 4 saturated carbocycles. The lowest BCUT2D eigenvalue weighted by molar-refractivity contribution is -0.387. The van der Waals surface area contributed by atoms with Crippen LogP contribution in [-0.4, -0.2) is 357 Å². The lowest BCUT2D eigenvalue weighted by atomic mass is 9.33. The van der Waals surface area contributed by atoms with Gasteiger partial charge in [-0.15, -0.1) is 0 Å². The number of carbonyl (C=O) groups is 1. The Bertz CT molecular complexity index is 2960. The van der Waals surface area contributed by atoms with Gasteiger partial charge in [-0.05, 0) is 105 Å². The number of carbonyl (C=O) groups excluding carboxylic acids is 1. The summed E-state index contributed by atoms with van der Waals surface area (Å²) in [5.41, 5.74) is -6.94. The van der Waals surface area contributed by atoms with E-state index in [1.165, 1.54) is 13.8 Å². The summed E-state index contributed by atoms with van der Waals surface area (Å²) < 4.78 is 83.6. The van der Waals surface area contributed by atoms with Crippen molar-refractivity contribution in [3.63, 3.8) is 0 Å². The van der Waals surface area contributed by atoms with Gasteiger partial charge in [0.15, 0.2) is 43.8 Å². The van der Waals surface area contributed by atoms with Crippen molar-refractivity contribution in [2.24, 2.45) is 50.2 Å². The molecule has 0 spiro atoms. The largest absolute Gasteiger partial charge is 0.432 e. The van der Waals surface area contributed by atoms with E-state index in [-0.39, 0.29) is 31.1 Å². The summed E-state index contributed by atoms with van der Waals surface area (Å²) in [6.07, 6.45) is -49.2. The van der Waals surface area contributed by atoms with Gasteiger partial charge in [-0.25, -0.2) is 0 Å². The molecule has 0 radical (unpaired) electrons. The number of aliphatic hydroxyl groups is 20. The molecule has 11 fully saturated rings. The van der Waals surface area contributed by atoms with Gasteiger partial charge in [-0.1, -0.05) is 53.2 Å². The maximum absolute atomic E-state index is 15.8. The fourth-order valence-corrected chi connectivity index (χ4v) is 20.0. The Morgan fingerprint density at radius 2 is 1.06 bits per heavy atom. The summed E-state index contributed by atoms with van der Waals surface area (Å²) in [5, 5.41) is 224. The van der Waals surface area contributed by atoms with Crippen LogP contribution >= 0.6 is 0 Å². The number of hydrogen-bond acceptors (Lipinski definition) is 35. The molecule has 0 aromatic rings. The Kier molecular flexibility index (Phi) is 23.3. The summed E-state index contributed by atoms with van der Waals surface area (Å²) in [6.45, 7) is 10.5. The topological polar surface area (TPSA) is 551 Å². The molecule has 592 valence electrons. The number of esters is 1. The standard InChI is InChI=1S/C68H110O35/c1-25-37(77)41(81)43(83)56(94-25)98-48-32(75)21-91-55(44(48)84)97-47-26(2)95-57(46(86)50(47)100-60-52(87)67(89,23-71)24-93-60)101-51-39(79)31(74)20-92-59(51)103-61(88)68-14-13-62(3,4)15-28(68)27-9-10-35-63(5)16-29(72)53(64(6,22-70)34(63)11-12-65(35,7)66(27,8)17-36(68)76)102-58-45(85)49(40(80)33(18-69)96-58)99-54-42(82)38(78)30(73)19-90-54/h9,25-26,28-60,69-87,89H,10-24H2,1-8H3/t25-,26-,28-,29-,30+,31-,32+,33+,34+,35+,36+,37-,38-,39-,40+,41+,42+,43+,44+,45+,46+,47-,48-,49-,50-,51+,52-,53-,54-,55-,56-,57-,58-,59-,60-,63-,64-,65+,66+,67+,68+/m0/s1. The Morgan fingerprint density at radius 1 is 0.495 bits per heavy atom. The predicted molar refractivity (Wildman–Crippen MR) is 338 cm³/mol. The van der Waals surface area contributed by atoms with Crippen LogP contribution in [0.2, 0.25) is 0 Å². The third-order valence-corrected chi connectivity index (χ3v) is 26.3. The molecule has 0 unspecified atom stereocenters. The highest BCUT2D eigenvalue weighted by molar-refractivity contribution is 5.80. The second-order valence-electron chi connectivity index (χ2n) is 33.1. The normalized spacial score (nSPS) is 55.9. The first-order chi connectivity index (χ1) is 48.3. The van der Waals surface area contributed by atoms with Crippen LogP contribution in [-0.2, 0) is 71.1 Å². The number of allylic oxidation sites excluding steroid dienone is 2. The minimum absolute atomic E-state index is 0.0425. The second kappa shape index (κ2) is 29.9. The molecule has 5 aliphatic carbocycles. The molecule has 0 bridgehead atoms. The monoisotopic (exact) mass is 1490 g/mol. The van der Waals surface area contributed by atoms with Crippen molar-refractivity contribution in [2.75, 3.05) is 46.2 Å². The van der Waals surface area contributed by atoms with Gasteiger partial charge >= 0.3 is 5.97 Å². The molecule has 0 amide bonds. The third kappa shape index (κ3) is 13.6. The maximum atomic E-state index is 15.8. The van der Waals surface area contributed by atoms with Crippen LogP contribution in [0.25, 0.3) is 0 Å². The Labute approximate surface area is 594 Å². The zero-order chi connectivity index (χ0) is 75.1. The highest BCUT2D eigenvalue weighted by atomic mass is 16.8. The molecule has 41 atom stereocenters. The van der Waals surface area contributed by atoms with Crippen molar-refractivity contribution in [1.29, 1.82) is 0 Å². The Balaban J connectivity index is 0.781. The van der Waals surface area contributed by atoms with E-state index in [0.717, 1.165) is 5.57 Å². The fourth-order valence-electron chi connectivity index (χ4n) is 20.0. The summed E-state index contributed by atoms with van der Waals surface area (Å²) in [5.74, 6) is -2.22. The van der Waals surface area contributed by atoms with Crippen molar-refractivity contribution >= 4 is 5.97 Å². The molecular weight excluding hydrogens is 1380 g/mol. The maximum Gasteiger partial charge on any atom is 0.317 e. The molecule has 12 rings (SSSR count). The van der Waals surface area contributed by atoms with Gasteiger partial charge in [0.2, 0.25) is 6.29 Å². The smallest absolute Gasteiger partial charge is 0.317 e. The zero-order valence-corrected chi connectivity index (χ0v) is 59.0. The van der Waals surface area contributed by atoms with Gasteiger partial charge in [0.25, 0.3) is 0 Å². The molecule has 103 heavy (non-hydrogen) atoms. The van der Waals surface area contributed by atoms with E-state index in [0.29, 0.717) is 32.1 Å². The van der Waals surface area contributed by atoms with Gasteiger partial charge in [-0.2, -0.15) is 0 Å². The van der Waals surface area contributed by atoms with E-state index in [1.807, 2.05) is 0 Å². The Morgan fingerprint density at radius 3 is 1.72 bits per heavy atom. The van der Waals surface area contributed by atoms with Crippen LogP contribution < -0.4 is 0 Å². The molecule has 7 heterocycles. The lowest BCUT2D eigenvalue weighted by Gasteiger charge is -2.72. The number of hydrogen-bond donors (Lipinski definition) is 20. The van der Waals surface area contributed by atoms with Crippen molar-refractivity contribution in [2.45, 2.75) is 309 Å². The Hall–Kier alpha value is -2.11. The summed E-state index contributed by atoms with van der Waals surface area (Å²) in [6, 6.07) is 0. The van der Waals surface area contributed by atoms with E-state index >= 15 is 4.79 Å². The first-order valence-electron chi connectivity index (χ1n) is 36.0. The summed E-state index contributed by atoms with van der Waals surface area (Å²) in [7, 11) is 0. The molecule has 0 aromatic heterocycles. The minimum atomic E-state index is -2.26. The SMILES string of the molecule is C[C@@H]1O[C@@H](O[C@@H]2[C@@H](O)[C@H](O[C@@H]3[C@@H](O[C@@H]4OC[C@](O)(CO)[C@H]4O)[C@@H](O)[C@H](O[C@H]4[C@H](OC(=O)[C@]56CCC(C)(C)C[C@H]5C5=CC[C@@H]7[C@@]8(C)C[C@H](O)[C@H](O[C@@H]9O[C@H](CO)[C@@H](O)[C@H](O[C@@H]%10OC[C@@H](O)[C@H](O)[C@H]%10O)[C@H]9O)[C@@](C)(CO)[C@@H]8CC[C@@]7(C)[C@]5(C)C[C@H]6O)OC[C@H](O)[C@@H]4O)O[C@H]3C)OC[C@H]2O)[C@H](O)[C@H](O)[C@H]1O. The van der Waals surface area contributed by atoms with Gasteiger partial charge in [0.05, 0.1) is 76.8 Å². The fraction of sp³-hybridized carbons (Fsp3) is 0.956. The van der Waals surface area contributed by atoms with E-state index in [4.69, 9.17) is 66.3 Å². The van der Waals surface area contributed by atoms with Crippen molar-refractivity contribution in [3.05, 3.63) is 11.6 Å². The number of fused-ring (bicyclic) bond motifs is 7. The number of aliphatic hydroxyl groups excluding tert-OH is 19. The van der Waals surface area contributed by atoms with Crippen LogP contribution in [0, 0.1) is 50.2 Å². The average Bonchev–Trinajstić information content (AvgIpc) is 0.864. The van der Waals surface area contributed by atoms with Gasteiger partial charge in [0, 0.05) is 5.41 Å². The molecule has 7 aliphatic heterocycles. The van der Waals surface area contributed by atoms with Crippen LogP contribution in [0.5, 0.6) is 0 Å². The number of ether oxygens (including phenoxy) is 14. The van der Waals surface area contributed by atoms with Crippen molar-refractivity contribution in [3.8, 4) is 0 Å². The molecule has 7 saturated heterocycles. The molecule has 12 aliphatic rings. The van der Waals surface area contributed by atoms with Crippen molar-refractivity contribution in [1.82, 2.24) is 0 Å². The molecular formula is C68H110O35.